The van der Waals surface area contributed by atoms with E-state index >= 15 is 0 Å². The van der Waals surface area contributed by atoms with Crippen molar-refractivity contribution in [3.8, 4) is 0 Å². The number of likely N-dealkylation sites (tertiary alicyclic amines) is 1. The molecule has 1 aliphatic rings. The molecule has 1 aliphatic heterocycles. The Labute approximate surface area is 162 Å². The van der Waals surface area contributed by atoms with Gasteiger partial charge in [-0.1, -0.05) is 90.0 Å². The van der Waals surface area contributed by atoms with Gasteiger partial charge >= 0.3 is 0 Å². The Bertz CT molecular complexity index is 499. The second kappa shape index (κ2) is 11.8. The summed E-state index contributed by atoms with van der Waals surface area (Å²) in [6.45, 7) is 9.91. The summed E-state index contributed by atoms with van der Waals surface area (Å²) in [4.78, 5) is 2.48. The molecule has 1 heterocycles. The van der Waals surface area contributed by atoms with Crippen LogP contribution in [0.2, 0.25) is 0 Å². The molecule has 1 fully saturated rings. The number of aliphatic hydroxyl groups excluding tert-OH is 1. The zero-order valence-electron chi connectivity index (χ0n) is 17.4. The van der Waals surface area contributed by atoms with Crippen molar-refractivity contribution in [2.45, 2.75) is 96.5 Å². The number of piperidine rings is 1. The van der Waals surface area contributed by atoms with Crippen molar-refractivity contribution in [2.24, 2.45) is 0 Å². The van der Waals surface area contributed by atoms with Crippen molar-refractivity contribution < 1.29 is 5.11 Å². The molecule has 0 aromatic heterocycles. The average Bonchev–Trinajstić information content (AvgIpc) is 2.64. The number of benzene rings is 1. The Morgan fingerprint density at radius 2 is 1.65 bits per heavy atom. The van der Waals surface area contributed by atoms with Gasteiger partial charge in [0.25, 0.3) is 0 Å². The highest BCUT2D eigenvalue weighted by atomic mass is 16.3. The zero-order valence-corrected chi connectivity index (χ0v) is 17.4. The van der Waals surface area contributed by atoms with Crippen LogP contribution in [0, 0.1) is 0 Å². The Morgan fingerprint density at radius 1 is 1.00 bits per heavy atom. The Morgan fingerprint density at radius 3 is 2.31 bits per heavy atom. The third-order valence-electron chi connectivity index (χ3n) is 6.01. The van der Waals surface area contributed by atoms with Crippen LogP contribution in [0.3, 0.4) is 0 Å². The Kier molecular flexibility index (Phi) is 9.71. The molecule has 0 radical (unpaired) electrons. The molecule has 2 atom stereocenters. The molecule has 0 aliphatic carbocycles. The van der Waals surface area contributed by atoms with Crippen molar-refractivity contribution in [2.75, 3.05) is 19.6 Å². The number of unbranched alkanes of at least 4 members (excludes halogenated alkanes) is 7. The molecule has 1 aromatic rings. The monoisotopic (exact) mass is 359 g/mol. The summed E-state index contributed by atoms with van der Waals surface area (Å²) >= 11 is 0. The van der Waals surface area contributed by atoms with E-state index in [4.69, 9.17) is 0 Å². The van der Waals surface area contributed by atoms with E-state index in [0.29, 0.717) is 11.8 Å². The smallest absolute Gasteiger partial charge is 0.0736 e. The van der Waals surface area contributed by atoms with E-state index in [0.717, 1.165) is 26.1 Å². The van der Waals surface area contributed by atoms with Crippen molar-refractivity contribution in [1.29, 1.82) is 0 Å². The molecule has 0 spiro atoms. The normalized spacial score (nSPS) is 21.4. The largest absolute Gasteiger partial charge is 0.391 e. The van der Waals surface area contributed by atoms with Gasteiger partial charge < -0.3 is 10.0 Å². The molecular formula is C24H41NO. The summed E-state index contributed by atoms with van der Waals surface area (Å²) in [5.74, 6) is 0.831. The number of aliphatic hydroxyl groups is 1. The lowest BCUT2D eigenvalue weighted by Gasteiger charge is -2.37. The lowest BCUT2D eigenvalue weighted by Crippen LogP contribution is -2.43. The maximum absolute atomic E-state index is 10.8. The summed E-state index contributed by atoms with van der Waals surface area (Å²) in [6, 6.07) is 8.72. The first-order valence-electron chi connectivity index (χ1n) is 11.1. The van der Waals surface area contributed by atoms with Crippen molar-refractivity contribution in [1.82, 2.24) is 4.90 Å². The highest BCUT2D eigenvalue weighted by molar-refractivity contribution is 5.34. The second-order valence-corrected chi connectivity index (χ2v) is 8.52. The topological polar surface area (TPSA) is 23.5 Å². The van der Waals surface area contributed by atoms with E-state index in [1.807, 2.05) is 0 Å². The van der Waals surface area contributed by atoms with Gasteiger partial charge in [-0.3, -0.25) is 0 Å². The molecule has 0 bridgehead atoms. The number of hydrogen-bond acceptors (Lipinski definition) is 2. The van der Waals surface area contributed by atoms with Gasteiger partial charge in [0.05, 0.1) is 6.10 Å². The predicted molar refractivity (Wildman–Crippen MR) is 113 cm³/mol. The highest BCUT2D eigenvalue weighted by Crippen LogP contribution is 2.33. The molecule has 0 amide bonds. The fraction of sp³-hybridized carbons (Fsp3) is 0.750. The summed E-state index contributed by atoms with van der Waals surface area (Å²) in [7, 11) is 0. The van der Waals surface area contributed by atoms with Crippen LogP contribution >= 0.6 is 0 Å². The number of hydrogen-bond donors (Lipinski definition) is 1. The van der Waals surface area contributed by atoms with Gasteiger partial charge in [-0.05, 0) is 43.0 Å². The van der Waals surface area contributed by atoms with Crippen LogP contribution in [0.5, 0.6) is 0 Å². The molecule has 1 aromatic carbocycles. The summed E-state index contributed by atoms with van der Waals surface area (Å²) in [6.07, 6.45) is 11.8. The predicted octanol–water partition coefficient (Wildman–Crippen LogP) is 6.10. The first-order chi connectivity index (χ1) is 12.6. The first-order valence-corrected chi connectivity index (χ1v) is 11.1. The summed E-state index contributed by atoms with van der Waals surface area (Å²) < 4.78 is 0. The minimum Gasteiger partial charge on any atom is -0.391 e. The van der Waals surface area contributed by atoms with Crippen LogP contribution in [0.4, 0.5) is 0 Å². The molecule has 1 N–H and O–H groups in total. The molecule has 2 unspecified atom stereocenters. The van der Waals surface area contributed by atoms with E-state index in [1.165, 1.54) is 62.5 Å². The summed E-state index contributed by atoms with van der Waals surface area (Å²) in [5.41, 5.74) is 2.79. The van der Waals surface area contributed by atoms with E-state index in [1.54, 1.807) is 0 Å². The van der Waals surface area contributed by atoms with E-state index in [2.05, 4.69) is 49.9 Å². The lowest BCUT2D eigenvalue weighted by atomic mass is 9.82. The van der Waals surface area contributed by atoms with Gasteiger partial charge in [0, 0.05) is 12.5 Å². The van der Waals surface area contributed by atoms with Crippen LogP contribution < -0.4 is 0 Å². The SMILES string of the molecule is CCCCCCCCCCN1CCC(c2ccccc2C(C)C)C(O)C1. The van der Waals surface area contributed by atoms with E-state index < -0.39 is 0 Å². The molecule has 0 saturated carbocycles. The van der Waals surface area contributed by atoms with Gasteiger partial charge in [0.2, 0.25) is 0 Å². The van der Waals surface area contributed by atoms with Crippen molar-refractivity contribution in [3.63, 3.8) is 0 Å². The molecule has 1 saturated heterocycles. The van der Waals surface area contributed by atoms with E-state index in [9.17, 15) is 5.11 Å². The molecule has 2 heteroatoms. The average molecular weight is 360 g/mol. The minimum atomic E-state index is -0.224. The van der Waals surface area contributed by atoms with Gasteiger partial charge in [0.1, 0.15) is 0 Å². The van der Waals surface area contributed by atoms with Gasteiger partial charge in [-0.2, -0.15) is 0 Å². The van der Waals surface area contributed by atoms with Crippen LogP contribution in [0.25, 0.3) is 0 Å². The van der Waals surface area contributed by atoms with E-state index in [-0.39, 0.29) is 6.10 Å². The highest BCUT2D eigenvalue weighted by Gasteiger charge is 2.30. The van der Waals surface area contributed by atoms with Crippen molar-refractivity contribution >= 4 is 0 Å². The Hall–Kier alpha value is -0.860. The van der Waals surface area contributed by atoms with Gasteiger partial charge in [0.15, 0.2) is 0 Å². The lowest BCUT2D eigenvalue weighted by molar-refractivity contribution is 0.0502. The zero-order chi connectivity index (χ0) is 18.8. The molecule has 148 valence electrons. The standard InChI is InChI=1S/C24H41NO/c1-4-5-6-7-8-9-10-13-17-25-18-16-23(24(26)19-25)22-15-12-11-14-21(22)20(2)3/h11-12,14-15,20,23-24,26H,4-10,13,16-19H2,1-3H3. The molecule has 26 heavy (non-hydrogen) atoms. The second-order valence-electron chi connectivity index (χ2n) is 8.52. The maximum Gasteiger partial charge on any atom is 0.0736 e. The van der Waals surface area contributed by atoms with Gasteiger partial charge in [-0.15, -0.1) is 0 Å². The number of rotatable bonds is 11. The first kappa shape index (κ1) is 21.4. The fourth-order valence-corrected chi connectivity index (χ4v) is 4.41. The fourth-order valence-electron chi connectivity index (χ4n) is 4.41. The van der Waals surface area contributed by atoms with Gasteiger partial charge in [-0.25, -0.2) is 0 Å². The van der Waals surface area contributed by atoms with Crippen LogP contribution in [0.15, 0.2) is 24.3 Å². The molecule has 2 rings (SSSR count). The van der Waals surface area contributed by atoms with Crippen molar-refractivity contribution in [3.05, 3.63) is 35.4 Å². The minimum absolute atomic E-state index is 0.224. The molecular weight excluding hydrogens is 318 g/mol. The molecule has 2 nitrogen and oxygen atoms in total. The number of nitrogens with zero attached hydrogens (tertiary/aromatic N) is 1. The number of β-amino-alcohol motifs (C(OH)–C–C–N with tert-alkyl or cyclic N) is 1. The van der Waals surface area contributed by atoms with Crippen LogP contribution in [-0.2, 0) is 0 Å². The summed E-state index contributed by atoms with van der Waals surface area (Å²) in [5, 5.41) is 10.8. The third-order valence-corrected chi connectivity index (χ3v) is 6.01. The third kappa shape index (κ3) is 6.70. The Balaban J connectivity index is 1.70. The maximum atomic E-state index is 10.8. The van der Waals surface area contributed by atoms with Crippen LogP contribution in [0.1, 0.15) is 102 Å². The quantitative estimate of drug-likeness (QED) is 0.482. The van der Waals surface area contributed by atoms with Crippen LogP contribution in [-0.4, -0.2) is 35.7 Å².